The van der Waals surface area contributed by atoms with E-state index in [0.29, 0.717) is 0 Å². The molecule has 3 heteroatoms. The van der Waals surface area contributed by atoms with Gasteiger partial charge in [-0.1, -0.05) is 24.9 Å². The Bertz CT molecular complexity index is 594. The van der Waals surface area contributed by atoms with E-state index in [4.69, 9.17) is 16.3 Å². The molecular formula is C18H22ClOY-. The summed E-state index contributed by atoms with van der Waals surface area (Å²) in [5.41, 5.74) is 6.04. The molecule has 1 radical (unpaired) electrons. The maximum Gasteiger partial charge on any atom is 0.122 e. The molecule has 2 aromatic rings. The van der Waals surface area contributed by atoms with Crippen LogP contribution >= 0.6 is 11.6 Å². The molecule has 0 aromatic heterocycles. The Hall–Kier alpha value is -0.366. The molecule has 0 aliphatic heterocycles. The normalized spacial score (nSPS) is 9.29. The first-order chi connectivity index (χ1) is 9.35. The van der Waals surface area contributed by atoms with Crippen LogP contribution in [-0.2, 0) is 32.7 Å². The molecule has 0 N–H and O–H groups in total. The van der Waals surface area contributed by atoms with Crippen molar-refractivity contribution in [1.29, 1.82) is 0 Å². The SMILES string of the molecule is COc1cc(C)cc(C)c1C.Cc1[c-]cc(Cl)c(C)c1.[Y]. The van der Waals surface area contributed by atoms with Crippen molar-refractivity contribution in [2.24, 2.45) is 0 Å². The van der Waals surface area contributed by atoms with E-state index in [1.807, 2.05) is 19.9 Å². The fourth-order valence-electron chi connectivity index (χ4n) is 1.94. The molecular weight excluding hydrogens is 357 g/mol. The van der Waals surface area contributed by atoms with Gasteiger partial charge < -0.3 is 4.74 Å². The third kappa shape index (κ3) is 6.51. The zero-order valence-electron chi connectivity index (χ0n) is 13.7. The minimum absolute atomic E-state index is 0. The molecule has 0 spiro atoms. The fourth-order valence-corrected chi connectivity index (χ4v) is 2.05. The van der Waals surface area contributed by atoms with E-state index < -0.39 is 0 Å². The van der Waals surface area contributed by atoms with Crippen molar-refractivity contribution in [2.45, 2.75) is 34.6 Å². The smallest absolute Gasteiger partial charge is 0.122 e. The van der Waals surface area contributed by atoms with Gasteiger partial charge in [0.05, 0.1) is 7.11 Å². The van der Waals surface area contributed by atoms with E-state index in [1.54, 1.807) is 13.2 Å². The van der Waals surface area contributed by atoms with Crippen molar-refractivity contribution in [3.8, 4) is 5.75 Å². The molecule has 111 valence electrons. The second-order valence-corrected chi connectivity index (χ2v) is 5.46. The predicted octanol–water partition coefficient (Wildman–Crippen LogP) is 5.37. The summed E-state index contributed by atoms with van der Waals surface area (Å²) in [5, 5.41) is 0.792. The van der Waals surface area contributed by atoms with Crippen LogP contribution in [0.1, 0.15) is 27.8 Å². The molecule has 0 bridgehead atoms. The molecule has 21 heavy (non-hydrogen) atoms. The largest absolute Gasteiger partial charge is 0.496 e. The van der Waals surface area contributed by atoms with Gasteiger partial charge in [-0.15, -0.1) is 5.56 Å². The van der Waals surface area contributed by atoms with Gasteiger partial charge in [0.25, 0.3) is 0 Å². The molecule has 0 aliphatic carbocycles. The quantitative estimate of drug-likeness (QED) is 0.606. The molecule has 0 aliphatic rings. The van der Waals surface area contributed by atoms with E-state index in [9.17, 15) is 0 Å². The molecule has 0 amide bonds. The minimum Gasteiger partial charge on any atom is -0.496 e. The van der Waals surface area contributed by atoms with E-state index in [1.165, 1.54) is 16.7 Å². The summed E-state index contributed by atoms with van der Waals surface area (Å²) in [6.07, 6.45) is 0. The molecule has 0 atom stereocenters. The summed E-state index contributed by atoms with van der Waals surface area (Å²) in [5.74, 6) is 0.988. The number of benzene rings is 2. The van der Waals surface area contributed by atoms with Crippen LogP contribution in [0.25, 0.3) is 0 Å². The number of halogens is 1. The molecule has 2 rings (SSSR count). The van der Waals surface area contributed by atoms with E-state index in [-0.39, 0.29) is 32.7 Å². The first-order valence-corrected chi connectivity index (χ1v) is 6.99. The van der Waals surface area contributed by atoms with Gasteiger partial charge in [-0.2, -0.15) is 35.4 Å². The Kier molecular flexibility index (Phi) is 9.44. The Morgan fingerprint density at radius 3 is 2.05 bits per heavy atom. The summed E-state index contributed by atoms with van der Waals surface area (Å²) >= 11 is 5.75. The Labute approximate surface area is 158 Å². The number of aryl methyl sites for hydroxylation is 4. The van der Waals surface area contributed by atoms with Crippen LogP contribution in [0.3, 0.4) is 0 Å². The van der Waals surface area contributed by atoms with Crippen LogP contribution in [0.15, 0.2) is 24.3 Å². The third-order valence-corrected chi connectivity index (χ3v) is 3.63. The Morgan fingerprint density at radius 2 is 1.57 bits per heavy atom. The second kappa shape index (κ2) is 9.61. The van der Waals surface area contributed by atoms with Gasteiger partial charge in [0.2, 0.25) is 0 Å². The predicted molar refractivity (Wildman–Crippen MR) is 87.0 cm³/mol. The van der Waals surface area contributed by atoms with Crippen molar-refractivity contribution in [3.05, 3.63) is 63.2 Å². The summed E-state index contributed by atoms with van der Waals surface area (Å²) < 4.78 is 5.21. The van der Waals surface area contributed by atoms with Crippen molar-refractivity contribution in [3.63, 3.8) is 0 Å². The number of hydrogen-bond acceptors (Lipinski definition) is 1. The van der Waals surface area contributed by atoms with Crippen LogP contribution in [0, 0.1) is 40.7 Å². The Morgan fingerprint density at radius 1 is 0.952 bits per heavy atom. The van der Waals surface area contributed by atoms with Gasteiger partial charge in [-0.05, 0) is 43.5 Å². The van der Waals surface area contributed by atoms with Crippen molar-refractivity contribution in [2.75, 3.05) is 7.11 Å². The van der Waals surface area contributed by atoms with Crippen molar-refractivity contribution in [1.82, 2.24) is 0 Å². The van der Waals surface area contributed by atoms with E-state index in [2.05, 4.69) is 39.0 Å². The third-order valence-electron chi connectivity index (χ3n) is 3.22. The Balaban J connectivity index is 0.000000370. The second-order valence-electron chi connectivity index (χ2n) is 5.06. The van der Waals surface area contributed by atoms with Crippen LogP contribution in [0.4, 0.5) is 0 Å². The maximum absolute atomic E-state index is 5.75. The van der Waals surface area contributed by atoms with Crippen LogP contribution in [-0.4, -0.2) is 7.11 Å². The summed E-state index contributed by atoms with van der Waals surface area (Å²) in [7, 11) is 1.71. The fraction of sp³-hybridized carbons (Fsp3) is 0.333. The maximum atomic E-state index is 5.75. The van der Waals surface area contributed by atoms with Crippen LogP contribution in [0.2, 0.25) is 5.02 Å². The molecule has 1 nitrogen and oxygen atoms in total. The summed E-state index contributed by atoms with van der Waals surface area (Å²) in [6.45, 7) is 10.2. The summed E-state index contributed by atoms with van der Waals surface area (Å²) in [4.78, 5) is 0. The number of methoxy groups -OCH3 is 1. The monoisotopic (exact) mass is 378 g/mol. The zero-order valence-corrected chi connectivity index (χ0v) is 17.3. The summed E-state index contributed by atoms with van der Waals surface area (Å²) in [6, 6.07) is 11.0. The number of hydrogen-bond donors (Lipinski definition) is 0. The molecule has 0 fully saturated rings. The molecule has 2 aromatic carbocycles. The van der Waals surface area contributed by atoms with Gasteiger partial charge in [0.1, 0.15) is 5.75 Å². The molecule has 0 heterocycles. The van der Waals surface area contributed by atoms with Gasteiger partial charge in [-0.3, -0.25) is 0 Å². The average molecular weight is 379 g/mol. The molecule has 0 unspecified atom stereocenters. The first kappa shape index (κ1) is 20.6. The zero-order chi connectivity index (χ0) is 15.3. The van der Waals surface area contributed by atoms with Gasteiger partial charge in [-0.25, -0.2) is 0 Å². The molecule has 0 saturated heterocycles. The van der Waals surface area contributed by atoms with Gasteiger partial charge in [0, 0.05) is 32.7 Å². The van der Waals surface area contributed by atoms with Gasteiger partial charge >= 0.3 is 0 Å². The van der Waals surface area contributed by atoms with Crippen molar-refractivity contribution >= 4 is 11.6 Å². The number of ether oxygens (including phenoxy) is 1. The topological polar surface area (TPSA) is 9.23 Å². The van der Waals surface area contributed by atoms with Crippen LogP contribution in [0.5, 0.6) is 5.75 Å². The first-order valence-electron chi connectivity index (χ1n) is 6.61. The molecule has 0 saturated carbocycles. The average Bonchev–Trinajstić information content (AvgIpc) is 2.39. The van der Waals surface area contributed by atoms with Crippen LogP contribution < -0.4 is 4.74 Å². The van der Waals surface area contributed by atoms with Gasteiger partial charge in [0.15, 0.2) is 0 Å². The minimum atomic E-state index is 0. The van der Waals surface area contributed by atoms with E-state index in [0.717, 1.165) is 21.9 Å². The van der Waals surface area contributed by atoms with Crippen molar-refractivity contribution < 1.29 is 37.4 Å². The standard InChI is InChI=1S/C10H14O.C8H8Cl.Y/c1-7-5-8(2)9(3)10(6-7)11-4;1-6-3-4-8(9)7(2)5-6;/h5-6H,1-4H3;4-5H,1-2H3;/q;-1;. The van der Waals surface area contributed by atoms with E-state index >= 15 is 0 Å². The number of rotatable bonds is 1.